The number of nitrogens with zero attached hydrogens (tertiary/aromatic N) is 3. The fraction of sp³-hybridized carbons (Fsp3) is 0.471. The van der Waals surface area contributed by atoms with E-state index < -0.39 is 11.6 Å². The summed E-state index contributed by atoms with van der Waals surface area (Å²) in [6.45, 7) is 6.38. The minimum absolute atomic E-state index is 0.0814. The molecule has 0 saturated carbocycles. The van der Waals surface area contributed by atoms with Crippen LogP contribution in [0.1, 0.15) is 16.3 Å². The van der Waals surface area contributed by atoms with Gasteiger partial charge in [0.05, 0.1) is 17.8 Å². The van der Waals surface area contributed by atoms with Gasteiger partial charge in [-0.2, -0.15) is 0 Å². The summed E-state index contributed by atoms with van der Waals surface area (Å²) in [4.78, 5) is 8.88. The molecule has 0 aliphatic carbocycles. The summed E-state index contributed by atoms with van der Waals surface area (Å²) in [6, 6.07) is 2.58. The van der Waals surface area contributed by atoms with Crippen LogP contribution in [0.15, 0.2) is 17.5 Å². The van der Waals surface area contributed by atoms with Gasteiger partial charge < -0.3 is 4.74 Å². The molecule has 0 amide bonds. The molecule has 1 aromatic carbocycles. The van der Waals surface area contributed by atoms with Gasteiger partial charge in [-0.05, 0) is 19.1 Å². The lowest BCUT2D eigenvalue weighted by molar-refractivity contribution is 0.119. The van der Waals surface area contributed by atoms with E-state index in [1.165, 1.54) is 19.2 Å². The van der Waals surface area contributed by atoms with E-state index in [2.05, 4.69) is 20.2 Å². The second-order valence-electron chi connectivity index (χ2n) is 5.95. The molecule has 1 fully saturated rings. The van der Waals surface area contributed by atoms with Crippen molar-refractivity contribution < 1.29 is 13.5 Å². The molecule has 0 bridgehead atoms. The number of hydrogen-bond acceptors (Lipinski definition) is 5. The Balaban J connectivity index is 1.58. The predicted octanol–water partition coefficient (Wildman–Crippen LogP) is 3.06. The van der Waals surface area contributed by atoms with E-state index in [0.717, 1.165) is 43.4 Å². The molecular weight excluding hydrogens is 332 g/mol. The van der Waals surface area contributed by atoms with Gasteiger partial charge in [0.15, 0.2) is 11.6 Å². The number of rotatable bonds is 5. The zero-order valence-corrected chi connectivity index (χ0v) is 14.7. The van der Waals surface area contributed by atoms with Gasteiger partial charge in [-0.3, -0.25) is 9.80 Å². The normalized spacial score (nSPS) is 16.5. The monoisotopic (exact) mass is 353 g/mol. The van der Waals surface area contributed by atoms with Crippen molar-refractivity contribution >= 4 is 11.3 Å². The van der Waals surface area contributed by atoms with E-state index in [9.17, 15) is 8.78 Å². The van der Waals surface area contributed by atoms with Crippen LogP contribution in [0.3, 0.4) is 0 Å². The molecule has 3 rings (SSSR count). The third kappa shape index (κ3) is 3.91. The first-order chi connectivity index (χ1) is 11.6. The van der Waals surface area contributed by atoms with Gasteiger partial charge in [0, 0.05) is 50.2 Å². The quantitative estimate of drug-likeness (QED) is 0.826. The Hall–Kier alpha value is -1.57. The van der Waals surface area contributed by atoms with Crippen LogP contribution >= 0.6 is 11.3 Å². The van der Waals surface area contributed by atoms with Crippen LogP contribution in [0.4, 0.5) is 8.78 Å². The number of piperazine rings is 1. The molecule has 0 unspecified atom stereocenters. The van der Waals surface area contributed by atoms with Gasteiger partial charge in [0.25, 0.3) is 0 Å². The molecular formula is C17H21F2N3OS. The van der Waals surface area contributed by atoms with Crippen LogP contribution in [-0.4, -0.2) is 48.1 Å². The van der Waals surface area contributed by atoms with Gasteiger partial charge >= 0.3 is 0 Å². The van der Waals surface area contributed by atoms with Gasteiger partial charge in [-0.1, -0.05) is 0 Å². The molecule has 7 heteroatoms. The lowest BCUT2D eigenvalue weighted by atomic mass is 10.1. The van der Waals surface area contributed by atoms with Crippen molar-refractivity contribution in [3.63, 3.8) is 0 Å². The number of aromatic nitrogens is 1. The van der Waals surface area contributed by atoms with E-state index in [1.54, 1.807) is 11.3 Å². The molecule has 1 saturated heterocycles. The summed E-state index contributed by atoms with van der Waals surface area (Å²) in [5, 5.41) is 3.16. The Kier molecular flexibility index (Phi) is 5.43. The van der Waals surface area contributed by atoms with Crippen LogP contribution in [-0.2, 0) is 13.1 Å². The Labute approximate surface area is 144 Å². The number of aryl methyl sites for hydroxylation is 1. The molecule has 0 spiro atoms. The summed E-state index contributed by atoms with van der Waals surface area (Å²) in [5.74, 6) is -1.03. The molecule has 130 valence electrons. The van der Waals surface area contributed by atoms with Crippen LogP contribution < -0.4 is 4.74 Å². The third-order valence-electron chi connectivity index (χ3n) is 4.27. The lowest BCUT2D eigenvalue weighted by Gasteiger charge is -2.34. The van der Waals surface area contributed by atoms with Gasteiger partial charge in [-0.25, -0.2) is 13.8 Å². The van der Waals surface area contributed by atoms with E-state index in [4.69, 9.17) is 4.74 Å². The molecule has 0 N–H and O–H groups in total. The topological polar surface area (TPSA) is 28.6 Å². The standard InChI is InChI=1S/C17H21F2N3OS/c1-12-20-13(11-24-12)9-21-5-7-22(8-6-21)10-14-15(18)3-4-16(23-2)17(14)19/h3-4,11H,5-10H2,1-2H3. The Bertz CT molecular complexity index is 699. The number of halogens is 2. The second kappa shape index (κ2) is 7.55. The number of hydrogen-bond donors (Lipinski definition) is 0. The maximum atomic E-state index is 14.2. The molecule has 1 aliphatic heterocycles. The first-order valence-corrected chi connectivity index (χ1v) is 8.81. The highest BCUT2D eigenvalue weighted by molar-refractivity contribution is 7.09. The fourth-order valence-electron chi connectivity index (χ4n) is 2.92. The minimum Gasteiger partial charge on any atom is -0.494 e. The average molecular weight is 353 g/mol. The van der Waals surface area contributed by atoms with Crippen LogP contribution in [0.25, 0.3) is 0 Å². The molecule has 2 heterocycles. The van der Waals surface area contributed by atoms with Crippen molar-refractivity contribution in [2.45, 2.75) is 20.0 Å². The van der Waals surface area contributed by atoms with Crippen LogP contribution in [0.2, 0.25) is 0 Å². The minimum atomic E-state index is -0.599. The van der Waals surface area contributed by atoms with Crippen molar-refractivity contribution in [2.75, 3.05) is 33.3 Å². The summed E-state index contributed by atoms with van der Waals surface area (Å²) >= 11 is 1.66. The van der Waals surface area contributed by atoms with Crippen LogP contribution in [0.5, 0.6) is 5.75 Å². The van der Waals surface area contributed by atoms with E-state index in [0.29, 0.717) is 0 Å². The van der Waals surface area contributed by atoms with Gasteiger partial charge in [0.2, 0.25) is 0 Å². The number of ether oxygens (including phenoxy) is 1. The highest BCUT2D eigenvalue weighted by Crippen LogP contribution is 2.24. The molecule has 0 radical (unpaired) electrons. The molecule has 1 aromatic heterocycles. The number of benzene rings is 1. The first-order valence-electron chi connectivity index (χ1n) is 7.93. The summed E-state index contributed by atoms with van der Waals surface area (Å²) < 4.78 is 33.1. The lowest BCUT2D eigenvalue weighted by Crippen LogP contribution is -2.45. The second-order valence-corrected chi connectivity index (χ2v) is 7.01. The Morgan fingerprint density at radius 1 is 1.12 bits per heavy atom. The van der Waals surface area contributed by atoms with E-state index in [-0.39, 0.29) is 17.9 Å². The smallest absolute Gasteiger partial charge is 0.172 e. The molecule has 24 heavy (non-hydrogen) atoms. The molecule has 2 aromatic rings. The van der Waals surface area contributed by atoms with E-state index in [1.807, 2.05) is 6.92 Å². The average Bonchev–Trinajstić information content (AvgIpc) is 2.98. The summed E-state index contributed by atoms with van der Waals surface area (Å²) in [5.41, 5.74) is 1.17. The summed E-state index contributed by atoms with van der Waals surface area (Å²) in [6.07, 6.45) is 0. The van der Waals surface area contributed by atoms with Crippen molar-refractivity contribution in [2.24, 2.45) is 0 Å². The molecule has 4 nitrogen and oxygen atoms in total. The zero-order valence-electron chi connectivity index (χ0n) is 13.9. The van der Waals surface area contributed by atoms with Crippen molar-refractivity contribution in [3.05, 3.63) is 45.4 Å². The van der Waals surface area contributed by atoms with Gasteiger partial charge in [-0.15, -0.1) is 11.3 Å². The first kappa shape index (κ1) is 17.3. The molecule has 0 atom stereocenters. The predicted molar refractivity (Wildman–Crippen MR) is 90.3 cm³/mol. The number of methoxy groups -OCH3 is 1. The van der Waals surface area contributed by atoms with Crippen molar-refractivity contribution in [1.82, 2.24) is 14.8 Å². The summed E-state index contributed by atoms with van der Waals surface area (Å²) in [7, 11) is 1.39. The van der Waals surface area contributed by atoms with Gasteiger partial charge in [0.1, 0.15) is 5.82 Å². The number of thiazole rings is 1. The molecule has 1 aliphatic rings. The Morgan fingerprint density at radius 3 is 2.38 bits per heavy atom. The SMILES string of the molecule is COc1ccc(F)c(CN2CCN(Cc3csc(C)n3)CC2)c1F. The van der Waals surface area contributed by atoms with Crippen molar-refractivity contribution in [3.8, 4) is 5.75 Å². The highest BCUT2D eigenvalue weighted by atomic mass is 32.1. The zero-order chi connectivity index (χ0) is 17.1. The fourth-order valence-corrected chi connectivity index (χ4v) is 3.52. The maximum absolute atomic E-state index is 14.2. The van der Waals surface area contributed by atoms with E-state index >= 15 is 0 Å². The van der Waals surface area contributed by atoms with Crippen LogP contribution in [0, 0.1) is 18.6 Å². The largest absolute Gasteiger partial charge is 0.494 e. The Morgan fingerprint density at radius 2 is 1.79 bits per heavy atom. The van der Waals surface area contributed by atoms with Crippen molar-refractivity contribution in [1.29, 1.82) is 0 Å². The highest BCUT2D eigenvalue weighted by Gasteiger charge is 2.21. The third-order valence-corrected chi connectivity index (χ3v) is 5.09. The maximum Gasteiger partial charge on any atom is 0.172 e.